The lowest BCUT2D eigenvalue weighted by atomic mass is 10.2. The van der Waals surface area contributed by atoms with Crippen molar-refractivity contribution in [3.05, 3.63) is 35.9 Å². The quantitative estimate of drug-likeness (QED) is 0.688. The molecule has 0 saturated heterocycles. The molecule has 1 rings (SSSR count). The van der Waals surface area contributed by atoms with Crippen molar-refractivity contribution in [3.63, 3.8) is 0 Å². The fraction of sp³-hybridized carbons (Fsp3) is 0.556. The van der Waals surface area contributed by atoms with Crippen molar-refractivity contribution in [2.24, 2.45) is 0 Å². The van der Waals surface area contributed by atoms with Gasteiger partial charge in [0.25, 0.3) is 0 Å². The Morgan fingerprint density at radius 2 is 1.78 bits per heavy atom. The van der Waals surface area contributed by atoms with E-state index in [1.807, 2.05) is 30.3 Å². The number of benzene rings is 1. The number of hydrogen-bond donors (Lipinski definition) is 0. The molecule has 0 aliphatic rings. The Morgan fingerprint density at radius 3 is 2.39 bits per heavy atom. The van der Waals surface area contributed by atoms with E-state index in [0.29, 0.717) is 26.1 Å². The maximum atomic E-state index is 11.9. The van der Waals surface area contributed by atoms with Crippen molar-refractivity contribution in [2.45, 2.75) is 45.8 Å². The van der Waals surface area contributed by atoms with Gasteiger partial charge in [-0.25, -0.2) is 4.79 Å². The highest BCUT2D eigenvalue weighted by Crippen LogP contribution is 2.09. The SMILES string of the molecule is CN(CC(=O)CCCOCc1ccccc1)C(=O)OC(C)(C)C. The lowest BCUT2D eigenvalue weighted by molar-refractivity contribution is -0.120. The first kappa shape index (κ1) is 19.2. The summed E-state index contributed by atoms with van der Waals surface area (Å²) >= 11 is 0. The van der Waals surface area contributed by atoms with E-state index in [1.54, 1.807) is 27.8 Å². The topological polar surface area (TPSA) is 55.8 Å². The molecule has 23 heavy (non-hydrogen) atoms. The standard InChI is InChI=1S/C18H27NO4/c1-18(2,3)23-17(21)19(4)13-16(20)11-8-12-22-14-15-9-6-5-7-10-15/h5-7,9-10H,8,11-14H2,1-4H3. The normalized spacial score (nSPS) is 11.1. The number of Topliss-reactive ketones (excluding diaryl/α,β-unsaturated/α-hetero) is 1. The van der Waals surface area contributed by atoms with Gasteiger partial charge in [-0.2, -0.15) is 0 Å². The minimum absolute atomic E-state index is 0.00155. The molecule has 0 spiro atoms. The van der Waals surface area contributed by atoms with Gasteiger partial charge in [0.05, 0.1) is 13.2 Å². The molecule has 0 aliphatic heterocycles. The second-order valence-electron chi connectivity index (χ2n) is 6.52. The van der Waals surface area contributed by atoms with Crippen LogP contribution in [-0.2, 0) is 20.9 Å². The molecule has 0 heterocycles. The predicted octanol–water partition coefficient (Wildman–Crippen LogP) is 3.42. The molecule has 0 N–H and O–H groups in total. The van der Waals surface area contributed by atoms with E-state index in [0.717, 1.165) is 5.56 Å². The molecule has 5 nitrogen and oxygen atoms in total. The van der Waals surface area contributed by atoms with E-state index in [-0.39, 0.29) is 12.3 Å². The molecular weight excluding hydrogens is 294 g/mol. The van der Waals surface area contributed by atoms with Crippen LogP contribution in [0, 0.1) is 0 Å². The van der Waals surface area contributed by atoms with Crippen LogP contribution in [0.3, 0.4) is 0 Å². The summed E-state index contributed by atoms with van der Waals surface area (Å²) in [6.07, 6.45) is 0.557. The lowest BCUT2D eigenvalue weighted by Crippen LogP contribution is -2.37. The minimum Gasteiger partial charge on any atom is -0.444 e. The maximum absolute atomic E-state index is 11.9. The molecule has 0 aromatic heterocycles. The number of nitrogens with zero attached hydrogens (tertiary/aromatic N) is 1. The number of hydrogen-bond acceptors (Lipinski definition) is 4. The third-order valence-electron chi connectivity index (χ3n) is 2.97. The summed E-state index contributed by atoms with van der Waals surface area (Å²) in [5.41, 5.74) is 0.558. The predicted molar refractivity (Wildman–Crippen MR) is 89.2 cm³/mol. The molecule has 5 heteroatoms. The molecule has 0 atom stereocenters. The third kappa shape index (κ3) is 8.98. The summed E-state index contributed by atoms with van der Waals surface area (Å²) in [7, 11) is 1.57. The average Bonchev–Trinajstić information content (AvgIpc) is 2.46. The summed E-state index contributed by atoms with van der Waals surface area (Å²) in [6.45, 7) is 6.52. The summed E-state index contributed by atoms with van der Waals surface area (Å²) in [6, 6.07) is 9.90. The van der Waals surface area contributed by atoms with Gasteiger partial charge in [-0.3, -0.25) is 4.79 Å². The van der Waals surface area contributed by atoms with Gasteiger partial charge in [-0.1, -0.05) is 30.3 Å². The first-order valence-electron chi connectivity index (χ1n) is 7.85. The van der Waals surface area contributed by atoms with Crippen LogP contribution in [0.5, 0.6) is 0 Å². The van der Waals surface area contributed by atoms with Crippen molar-refractivity contribution in [3.8, 4) is 0 Å². The van der Waals surface area contributed by atoms with Gasteiger partial charge in [0, 0.05) is 20.1 Å². The first-order chi connectivity index (χ1) is 10.8. The maximum Gasteiger partial charge on any atom is 0.410 e. The van der Waals surface area contributed by atoms with Gasteiger partial charge in [0.2, 0.25) is 0 Å². The van der Waals surface area contributed by atoms with Crippen LogP contribution in [0.2, 0.25) is 0 Å². The number of rotatable bonds is 8. The largest absolute Gasteiger partial charge is 0.444 e. The summed E-state index contributed by atoms with van der Waals surface area (Å²) < 4.78 is 10.7. The smallest absolute Gasteiger partial charge is 0.410 e. The Morgan fingerprint density at radius 1 is 1.13 bits per heavy atom. The molecule has 0 saturated carbocycles. The molecule has 0 unspecified atom stereocenters. The zero-order valence-corrected chi connectivity index (χ0v) is 14.5. The van der Waals surface area contributed by atoms with Crippen LogP contribution in [0.4, 0.5) is 4.79 Å². The fourth-order valence-electron chi connectivity index (χ4n) is 1.88. The van der Waals surface area contributed by atoms with Crippen LogP contribution in [0.15, 0.2) is 30.3 Å². The highest BCUT2D eigenvalue weighted by Gasteiger charge is 2.20. The van der Waals surface area contributed by atoms with Crippen LogP contribution < -0.4 is 0 Å². The van der Waals surface area contributed by atoms with E-state index in [4.69, 9.17) is 9.47 Å². The third-order valence-corrected chi connectivity index (χ3v) is 2.97. The van der Waals surface area contributed by atoms with E-state index < -0.39 is 11.7 Å². The minimum atomic E-state index is -0.556. The Labute approximate surface area is 138 Å². The number of ether oxygens (including phenoxy) is 2. The van der Waals surface area contributed by atoms with Gasteiger partial charge >= 0.3 is 6.09 Å². The highest BCUT2D eigenvalue weighted by molar-refractivity contribution is 5.83. The van der Waals surface area contributed by atoms with Gasteiger partial charge in [0.1, 0.15) is 5.60 Å². The van der Waals surface area contributed by atoms with Crippen molar-refractivity contribution in [2.75, 3.05) is 20.2 Å². The van der Waals surface area contributed by atoms with Gasteiger partial charge in [-0.05, 0) is 32.8 Å². The van der Waals surface area contributed by atoms with Gasteiger partial charge < -0.3 is 14.4 Å². The van der Waals surface area contributed by atoms with E-state index >= 15 is 0 Å². The van der Waals surface area contributed by atoms with Crippen LogP contribution in [-0.4, -0.2) is 42.6 Å². The number of carbonyl (C=O) groups is 2. The number of likely N-dealkylation sites (N-methyl/N-ethyl adjacent to an activating group) is 1. The molecule has 0 aliphatic carbocycles. The molecule has 0 radical (unpaired) electrons. The first-order valence-corrected chi connectivity index (χ1v) is 7.85. The van der Waals surface area contributed by atoms with E-state index in [2.05, 4.69) is 0 Å². The number of carbonyl (C=O) groups excluding carboxylic acids is 2. The monoisotopic (exact) mass is 321 g/mol. The van der Waals surface area contributed by atoms with Crippen molar-refractivity contribution in [1.29, 1.82) is 0 Å². The fourth-order valence-corrected chi connectivity index (χ4v) is 1.88. The summed E-state index contributed by atoms with van der Waals surface area (Å²) in [5, 5.41) is 0. The Bertz CT molecular complexity index is 493. The Kier molecular flexibility index (Phi) is 7.75. The molecule has 128 valence electrons. The van der Waals surface area contributed by atoms with Crippen LogP contribution >= 0.6 is 0 Å². The van der Waals surface area contributed by atoms with Crippen molar-refractivity contribution >= 4 is 11.9 Å². The Hall–Kier alpha value is -1.88. The van der Waals surface area contributed by atoms with Crippen molar-refractivity contribution in [1.82, 2.24) is 4.90 Å². The second-order valence-corrected chi connectivity index (χ2v) is 6.52. The van der Waals surface area contributed by atoms with Crippen LogP contribution in [0.1, 0.15) is 39.2 Å². The zero-order chi connectivity index (χ0) is 17.3. The summed E-state index contributed by atoms with van der Waals surface area (Å²) in [4.78, 5) is 24.9. The molecule has 1 aromatic carbocycles. The summed E-state index contributed by atoms with van der Waals surface area (Å²) in [5.74, 6) is 0.00155. The van der Waals surface area contributed by atoms with Crippen LogP contribution in [0.25, 0.3) is 0 Å². The number of amides is 1. The van der Waals surface area contributed by atoms with Gasteiger partial charge in [-0.15, -0.1) is 0 Å². The lowest BCUT2D eigenvalue weighted by Gasteiger charge is -2.24. The Balaban J connectivity index is 2.15. The van der Waals surface area contributed by atoms with E-state index in [9.17, 15) is 9.59 Å². The van der Waals surface area contributed by atoms with Gasteiger partial charge in [0.15, 0.2) is 5.78 Å². The second kappa shape index (κ2) is 9.30. The molecular formula is C18H27NO4. The van der Waals surface area contributed by atoms with Crippen molar-refractivity contribution < 1.29 is 19.1 Å². The highest BCUT2D eigenvalue weighted by atomic mass is 16.6. The molecule has 0 bridgehead atoms. The molecule has 1 aromatic rings. The average molecular weight is 321 g/mol. The molecule has 1 amide bonds. The molecule has 0 fully saturated rings. The van der Waals surface area contributed by atoms with E-state index in [1.165, 1.54) is 4.90 Å². The number of ketones is 1. The zero-order valence-electron chi connectivity index (χ0n) is 14.5.